The number of anilines is 2. The molecule has 0 saturated carbocycles. The summed E-state index contributed by atoms with van der Waals surface area (Å²) in [4.78, 5) is 31.7. The third kappa shape index (κ3) is 4.19. The molecule has 1 aliphatic heterocycles. The van der Waals surface area contributed by atoms with Crippen molar-refractivity contribution in [2.45, 2.75) is 45.7 Å². The van der Waals surface area contributed by atoms with Crippen LogP contribution in [0.4, 0.5) is 11.5 Å². The topological polar surface area (TPSA) is 113 Å². The number of carboxylic acids is 1. The van der Waals surface area contributed by atoms with E-state index in [4.69, 9.17) is 4.98 Å². The van der Waals surface area contributed by atoms with Gasteiger partial charge in [-0.25, -0.2) is 4.98 Å². The molecule has 2 N–H and O–H groups in total. The third-order valence-corrected chi connectivity index (χ3v) is 7.14. The Hall–Kier alpha value is -4.53. The molecule has 2 aromatic heterocycles. The quantitative estimate of drug-likeness (QED) is 0.353. The Labute approximate surface area is 221 Å². The average molecular weight is 511 g/mol. The van der Waals surface area contributed by atoms with Gasteiger partial charge in [0, 0.05) is 29.9 Å². The molecular weight excluding hydrogens is 480 g/mol. The van der Waals surface area contributed by atoms with Crippen molar-refractivity contribution in [3.63, 3.8) is 0 Å². The first-order valence-electron chi connectivity index (χ1n) is 12.5. The predicted octanol–water partition coefficient (Wildman–Crippen LogP) is 5.15. The lowest BCUT2D eigenvalue weighted by molar-refractivity contribution is -0.142. The minimum Gasteiger partial charge on any atom is -0.481 e. The van der Waals surface area contributed by atoms with Gasteiger partial charge in [0.15, 0.2) is 5.82 Å². The summed E-state index contributed by atoms with van der Waals surface area (Å²) < 4.78 is 1.95. The maximum absolute atomic E-state index is 13.5. The van der Waals surface area contributed by atoms with Gasteiger partial charge < -0.3 is 15.0 Å². The highest BCUT2D eigenvalue weighted by atomic mass is 16.4. The Balaban J connectivity index is 1.47. The molecule has 38 heavy (non-hydrogen) atoms. The highest BCUT2D eigenvalue weighted by Crippen LogP contribution is 2.36. The van der Waals surface area contributed by atoms with Crippen molar-refractivity contribution in [2.24, 2.45) is 0 Å². The molecule has 0 bridgehead atoms. The van der Waals surface area contributed by atoms with E-state index < -0.39 is 11.4 Å². The number of amides is 1. The largest absolute Gasteiger partial charge is 0.481 e. The fraction of sp³-hybridized carbons (Fsp3) is 0.276. The number of aromatic nitrogens is 4. The highest BCUT2D eigenvalue weighted by Gasteiger charge is 2.32. The van der Waals surface area contributed by atoms with Crippen LogP contribution in [0.5, 0.6) is 0 Å². The van der Waals surface area contributed by atoms with Crippen LogP contribution in [0.15, 0.2) is 60.9 Å². The Morgan fingerprint density at radius 2 is 1.87 bits per heavy atom. The number of hydrogen-bond donors (Lipinski definition) is 2. The van der Waals surface area contributed by atoms with Gasteiger partial charge in [-0.2, -0.15) is 0 Å². The highest BCUT2D eigenvalue weighted by molar-refractivity contribution is 6.10. The van der Waals surface area contributed by atoms with Crippen molar-refractivity contribution in [3.05, 3.63) is 77.6 Å². The molecule has 1 aliphatic rings. The van der Waals surface area contributed by atoms with E-state index >= 15 is 0 Å². The van der Waals surface area contributed by atoms with Crippen LogP contribution in [-0.4, -0.2) is 43.8 Å². The van der Waals surface area contributed by atoms with Crippen LogP contribution in [0, 0.1) is 0 Å². The normalized spacial score (nSPS) is 13.2. The van der Waals surface area contributed by atoms with Crippen LogP contribution in [0.1, 0.15) is 55.2 Å². The van der Waals surface area contributed by atoms with Crippen molar-refractivity contribution in [1.29, 1.82) is 0 Å². The maximum Gasteiger partial charge on any atom is 0.313 e. The summed E-state index contributed by atoms with van der Waals surface area (Å²) in [6.45, 7) is 7.89. The third-order valence-electron chi connectivity index (χ3n) is 7.14. The summed E-state index contributed by atoms with van der Waals surface area (Å²) in [5.74, 6) is 0.200. The van der Waals surface area contributed by atoms with E-state index in [1.807, 2.05) is 59.2 Å². The summed E-state index contributed by atoms with van der Waals surface area (Å²) in [7, 11) is 1.80. The molecule has 0 atom stereocenters. The second-order valence-electron chi connectivity index (χ2n) is 10.2. The number of rotatable bonds is 7. The van der Waals surface area contributed by atoms with Crippen LogP contribution in [0.25, 0.3) is 22.6 Å². The molecule has 9 heteroatoms. The Morgan fingerprint density at radius 1 is 1.08 bits per heavy atom. The first-order valence-corrected chi connectivity index (χ1v) is 12.5. The van der Waals surface area contributed by atoms with E-state index in [0.29, 0.717) is 35.0 Å². The Bertz CT molecular complexity index is 1560. The van der Waals surface area contributed by atoms with Gasteiger partial charge in [-0.05, 0) is 68.7 Å². The van der Waals surface area contributed by atoms with Gasteiger partial charge in [-0.1, -0.05) is 30.3 Å². The monoisotopic (exact) mass is 510 g/mol. The lowest BCUT2D eigenvalue weighted by Crippen LogP contribution is -2.28. The number of hydrogen-bond acceptors (Lipinski definition) is 6. The van der Waals surface area contributed by atoms with Crippen molar-refractivity contribution in [3.8, 4) is 22.6 Å². The number of benzene rings is 2. The van der Waals surface area contributed by atoms with E-state index in [0.717, 1.165) is 22.4 Å². The van der Waals surface area contributed by atoms with Gasteiger partial charge in [0.25, 0.3) is 5.91 Å². The SMILES string of the molecule is CNc1cc(C(C)(C)C(=O)O)ccc1-c1ccc2c(c1)C(=O)N(c1cccc(-c3nncn3C(C)C)n1)C2. The van der Waals surface area contributed by atoms with E-state index in [1.54, 1.807) is 32.1 Å². The van der Waals surface area contributed by atoms with Crippen molar-refractivity contribution in [1.82, 2.24) is 19.7 Å². The molecule has 4 aromatic rings. The molecule has 194 valence electrons. The fourth-order valence-corrected chi connectivity index (χ4v) is 4.67. The summed E-state index contributed by atoms with van der Waals surface area (Å²) in [5, 5.41) is 21.1. The molecule has 9 nitrogen and oxygen atoms in total. The molecule has 2 aromatic carbocycles. The molecule has 3 heterocycles. The van der Waals surface area contributed by atoms with E-state index in [-0.39, 0.29) is 11.9 Å². The lowest BCUT2D eigenvalue weighted by Gasteiger charge is -2.22. The number of fused-ring (bicyclic) bond motifs is 1. The predicted molar refractivity (Wildman–Crippen MR) is 146 cm³/mol. The van der Waals surface area contributed by atoms with Crippen LogP contribution < -0.4 is 10.2 Å². The first-order chi connectivity index (χ1) is 18.1. The van der Waals surface area contributed by atoms with Crippen LogP contribution in [0.3, 0.4) is 0 Å². The average Bonchev–Trinajstić information content (AvgIpc) is 3.53. The Morgan fingerprint density at radius 3 is 2.58 bits per heavy atom. The number of carboxylic acid groups (broad SMARTS) is 1. The van der Waals surface area contributed by atoms with Gasteiger partial charge in [0.05, 0.1) is 12.0 Å². The minimum absolute atomic E-state index is 0.119. The molecule has 0 aliphatic carbocycles. The molecule has 5 rings (SSSR count). The number of carbonyl (C=O) groups is 2. The summed E-state index contributed by atoms with van der Waals surface area (Å²) >= 11 is 0. The van der Waals surface area contributed by atoms with E-state index in [2.05, 4.69) is 29.4 Å². The van der Waals surface area contributed by atoms with Crippen molar-refractivity contribution >= 4 is 23.4 Å². The molecule has 0 unspecified atom stereocenters. The second-order valence-corrected chi connectivity index (χ2v) is 10.2. The minimum atomic E-state index is -1.03. The van der Waals surface area contributed by atoms with Gasteiger partial charge in [-0.15, -0.1) is 10.2 Å². The van der Waals surface area contributed by atoms with Gasteiger partial charge in [0.2, 0.25) is 0 Å². The Kier molecular flexibility index (Phi) is 6.22. The molecular formula is C29H30N6O3. The van der Waals surface area contributed by atoms with Gasteiger partial charge >= 0.3 is 5.97 Å². The lowest BCUT2D eigenvalue weighted by atomic mass is 9.83. The first kappa shape index (κ1) is 25.1. The molecule has 0 spiro atoms. The number of nitrogens with one attached hydrogen (secondary N) is 1. The number of nitrogens with zero attached hydrogens (tertiary/aromatic N) is 5. The van der Waals surface area contributed by atoms with Crippen LogP contribution in [0.2, 0.25) is 0 Å². The fourth-order valence-electron chi connectivity index (χ4n) is 4.67. The number of pyridine rings is 1. The summed E-state index contributed by atoms with van der Waals surface area (Å²) in [6, 6.07) is 17.2. The van der Waals surface area contributed by atoms with E-state index in [9.17, 15) is 14.7 Å². The molecule has 0 radical (unpaired) electrons. The van der Waals surface area contributed by atoms with Crippen LogP contribution >= 0.6 is 0 Å². The van der Waals surface area contributed by atoms with Gasteiger partial charge in [0.1, 0.15) is 17.8 Å². The van der Waals surface area contributed by atoms with E-state index in [1.165, 1.54) is 0 Å². The zero-order valence-electron chi connectivity index (χ0n) is 22.1. The zero-order chi connectivity index (χ0) is 27.2. The number of aliphatic carboxylic acids is 1. The molecule has 1 amide bonds. The van der Waals surface area contributed by atoms with Crippen molar-refractivity contribution in [2.75, 3.05) is 17.3 Å². The zero-order valence-corrected chi connectivity index (χ0v) is 22.1. The smallest absolute Gasteiger partial charge is 0.313 e. The summed E-state index contributed by atoms with van der Waals surface area (Å²) in [6.07, 6.45) is 1.68. The molecule has 0 saturated heterocycles. The van der Waals surface area contributed by atoms with Crippen LogP contribution in [-0.2, 0) is 16.8 Å². The molecule has 0 fully saturated rings. The van der Waals surface area contributed by atoms with Gasteiger partial charge in [-0.3, -0.25) is 14.5 Å². The van der Waals surface area contributed by atoms with Crippen molar-refractivity contribution < 1.29 is 14.7 Å². The summed E-state index contributed by atoms with van der Waals surface area (Å²) in [5.41, 5.74) is 4.42. The number of carbonyl (C=O) groups excluding carboxylic acids is 1. The second kappa shape index (κ2) is 9.41. The standard InChI is InChI=1S/C29H30N6O3/c1-17(2)35-16-31-33-26(35)23-7-6-8-25(32-23)34-15-19-10-9-18(13-22(19)27(34)36)21-12-11-20(14-24(21)30-5)29(3,4)28(37)38/h6-14,16-17,30H,15H2,1-5H3,(H,37,38). The maximum atomic E-state index is 13.5.